The molecule has 1 aromatic heterocycles. The molecule has 1 aliphatic heterocycles. The van der Waals surface area contributed by atoms with Gasteiger partial charge in [0, 0.05) is 31.6 Å². The number of H-pyrrole nitrogens is 1. The van der Waals surface area contributed by atoms with E-state index in [1.165, 1.54) is 6.42 Å². The minimum absolute atomic E-state index is 0.319. The van der Waals surface area contributed by atoms with Gasteiger partial charge in [0.15, 0.2) is 0 Å². The summed E-state index contributed by atoms with van der Waals surface area (Å²) in [7, 11) is 0. The Kier molecular flexibility index (Phi) is 3.16. The minimum Gasteiger partial charge on any atom is -0.396 e. The molecule has 1 aliphatic rings. The number of hydrogen-bond acceptors (Lipinski definition) is 3. The first-order valence-corrected chi connectivity index (χ1v) is 5.19. The fraction of sp³-hybridized carbons (Fsp3) is 0.700. The lowest BCUT2D eigenvalue weighted by molar-refractivity contribution is 0.115. The van der Waals surface area contributed by atoms with Gasteiger partial charge in [-0.25, -0.2) is 4.98 Å². The van der Waals surface area contributed by atoms with Gasteiger partial charge in [0.05, 0.1) is 6.33 Å². The maximum Gasteiger partial charge on any atom is 0.0922 e. The van der Waals surface area contributed by atoms with Gasteiger partial charge in [-0.2, -0.15) is 0 Å². The van der Waals surface area contributed by atoms with Crippen LogP contribution >= 0.6 is 0 Å². The maximum atomic E-state index is 9.09. The van der Waals surface area contributed by atoms with Crippen molar-refractivity contribution < 1.29 is 5.11 Å². The van der Waals surface area contributed by atoms with Crippen LogP contribution in [0.15, 0.2) is 12.5 Å². The number of aromatic amines is 1. The Morgan fingerprint density at radius 2 is 2.57 bits per heavy atom. The molecule has 4 heteroatoms. The second-order valence-electron chi connectivity index (χ2n) is 4.00. The van der Waals surface area contributed by atoms with E-state index in [2.05, 4.69) is 14.9 Å². The summed E-state index contributed by atoms with van der Waals surface area (Å²) in [5, 5.41) is 9.09. The summed E-state index contributed by atoms with van der Waals surface area (Å²) in [5.41, 5.74) is 1.16. The molecular weight excluding hydrogens is 178 g/mol. The molecule has 2 rings (SSSR count). The molecule has 2 heterocycles. The van der Waals surface area contributed by atoms with Gasteiger partial charge < -0.3 is 10.1 Å². The van der Waals surface area contributed by atoms with E-state index in [1.54, 1.807) is 6.33 Å². The van der Waals surface area contributed by atoms with Crippen LogP contribution in [0, 0.1) is 5.92 Å². The fourth-order valence-electron chi connectivity index (χ4n) is 2.06. The molecule has 0 bridgehead atoms. The highest BCUT2D eigenvalue weighted by Crippen LogP contribution is 2.17. The molecule has 0 radical (unpaired) electrons. The van der Waals surface area contributed by atoms with E-state index in [0.29, 0.717) is 12.5 Å². The largest absolute Gasteiger partial charge is 0.396 e. The first-order valence-electron chi connectivity index (χ1n) is 5.19. The summed E-state index contributed by atoms with van der Waals surface area (Å²) < 4.78 is 0. The lowest BCUT2D eigenvalue weighted by atomic mass is 9.99. The van der Waals surface area contributed by atoms with Gasteiger partial charge in [0.25, 0.3) is 0 Å². The number of nitrogens with zero attached hydrogens (tertiary/aromatic N) is 2. The number of aromatic nitrogens is 2. The molecule has 0 aliphatic carbocycles. The first kappa shape index (κ1) is 9.68. The van der Waals surface area contributed by atoms with E-state index in [4.69, 9.17) is 5.11 Å². The Bertz CT molecular complexity index is 260. The van der Waals surface area contributed by atoms with Gasteiger partial charge in [-0.1, -0.05) is 0 Å². The normalized spacial score (nSPS) is 23.9. The number of nitrogens with one attached hydrogen (secondary N) is 1. The lowest BCUT2D eigenvalue weighted by Crippen LogP contribution is -2.36. The van der Waals surface area contributed by atoms with E-state index in [0.717, 1.165) is 31.7 Å². The zero-order chi connectivity index (χ0) is 9.80. The Balaban J connectivity index is 1.86. The molecular formula is C10H17N3O. The molecule has 4 nitrogen and oxygen atoms in total. The van der Waals surface area contributed by atoms with E-state index >= 15 is 0 Å². The van der Waals surface area contributed by atoms with Crippen LogP contribution in [0.4, 0.5) is 0 Å². The topological polar surface area (TPSA) is 52.1 Å². The van der Waals surface area contributed by atoms with Crippen molar-refractivity contribution in [1.29, 1.82) is 0 Å². The van der Waals surface area contributed by atoms with Gasteiger partial charge >= 0.3 is 0 Å². The molecule has 1 saturated heterocycles. The molecule has 14 heavy (non-hydrogen) atoms. The van der Waals surface area contributed by atoms with E-state index in [1.807, 2.05) is 6.20 Å². The number of hydrogen-bond donors (Lipinski definition) is 2. The Hall–Kier alpha value is -0.870. The zero-order valence-corrected chi connectivity index (χ0v) is 8.32. The Labute approximate surface area is 84.0 Å². The van der Waals surface area contributed by atoms with Gasteiger partial charge in [0.1, 0.15) is 0 Å². The third-order valence-electron chi connectivity index (χ3n) is 2.81. The zero-order valence-electron chi connectivity index (χ0n) is 8.32. The molecule has 1 aromatic rings. The van der Waals surface area contributed by atoms with Crippen molar-refractivity contribution in [2.75, 3.05) is 19.7 Å². The van der Waals surface area contributed by atoms with Crippen LogP contribution in [-0.4, -0.2) is 39.7 Å². The average Bonchev–Trinajstić information content (AvgIpc) is 2.71. The van der Waals surface area contributed by atoms with Crippen LogP contribution in [0.5, 0.6) is 0 Å². The standard InChI is InChI=1S/C10H17N3O/c14-7-9-2-1-3-13(5-9)6-10-4-11-8-12-10/h4,8-9,14H,1-3,5-7H2,(H,11,12). The van der Waals surface area contributed by atoms with Crippen molar-refractivity contribution in [3.05, 3.63) is 18.2 Å². The fourth-order valence-corrected chi connectivity index (χ4v) is 2.06. The van der Waals surface area contributed by atoms with Crippen LogP contribution in [-0.2, 0) is 6.54 Å². The SMILES string of the molecule is OCC1CCCN(Cc2cnc[nH]2)C1. The summed E-state index contributed by atoms with van der Waals surface area (Å²) in [5.74, 6) is 0.465. The van der Waals surface area contributed by atoms with E-state index < -0.39 is 0 Å². The molecule has 0 amide bonds. The molecule has 1 atom stereocenters. The Morgan fingerprint density at radius 1 is 1.64 bits per heavy atom. The minimum atomic E-state index is 0.319. The lowest BCUT2D eigenvalue weighted by Gasteiger charge is -2.31. The maximum absolute atomic E-state index is 9.09. The van der Waals surface area contributed by atoms with E-state index in [9.17, 15) is 0 Å². The quantitative estimate of drug-likeness (QED) is 0.743. The van der Waals surface area contributed by atoms with Gasteiger partial charge in [0.2, 0.25) is 0 Å². The number of piperidine rings is 1. The predicted octanol–water partition coefficient (Wildman–Crippen LogP) is 0.614. The Morgan fingerprint density at radius 3 is 3.29 bits per heavy atom. The molecule has 0 saturated carbocycles. The number of aliphatic hydroxyl groups excluding tert-OH is 1. The smallest absolute Gasteiger partial charge is 0.0922 e. The molecule has 0 spiro atoms. The van der Waals surface area contributed by atoms with Crippen molar-refractivity contribution in [1.82, 2.24) is 14.9 Å². The first-order chi connectivity index (χ1) is 6.88. The third-order valence-corrected chi connectivity index (χ3v) is 2.81. The van der Waals surface area contributed by atoms with Crippen molar-refractivity contribution in [3.8, 4) is 0 Å². The number of aliphatic hydroxyl groups is 1. The van der Waals surface area contributed by atoms with Crippen molar-refractivity contribution >= 4 is 0 Å². The highest BCUT2D eigenvalue weighted by molar-refractivity contribution is 4.94. The predicted molar refractivity (Wildman–Crippen MR) is 53.7 cm³/mol. The molecule has 2 N–H and O–H groups in total. The average molecular weight is 195 g/mol. The van der Waals surface area contributed by atoms with Crippen LogP contribution in [0.25, 0.3) is 0 Å². The second-order valence-corrected chi connectivity index (χ2v) is 4.00. The molecule has 1 unspecified atom stereocenters. The summed E-state index contributed by atoms with van der Waals surface area (Å²) in [6, 6.07) is 0. The molecule has 1 fully saturated rings. The monoisotopic (exact) mass is 195 g/mol. The van der Waals surface area contributed by atoms with E-state index in [-0.39, 0.29) is 0 Å². The molecule has 78 valence electrons. The number of likely N-dealkylation sites (tertiary alicyclic amines) is 1. The van der Waals surface area contributed by atoms with Crippen molar-refractivity contribution in [2.45, 2.75) is 19.4 Å². The summed E-state index contributed by atoms with van der Waals surface area (Å²) >= 11 is 0. The highest BCUT2D eigenvalue weighted by Gasteiger charge is 2.19. The van der Waals surface area contributed by atoms with Gasteiger partial charge in [-0.3, -0.25) is 4.90 Å². The summed E-state index contributed by atoms with van der Waals surface area (Å²) in [6.45, 7) is 3.39. The molecule has 0 aromatic carbocycles. The van der Waals surface area contributed by atoms with Crippen LogP contribution in [0.1, 0.15) is 18.5 Å². The van der Waals surface area contributed by atoms with Crippen LogP contribution < -0.4 is 0 Å². The number of imidazole rings is 1. The van der Waals surface area contributed by atoms with Gasteiger partial charge in [-0.05, 0) is 25.3 Å². The van der Waals surface area contributed by atoms with Crippen LogP contribution in [0.3, 0.4) is 0 Å². The highest BCUT2D eigenvalue weighted by atomic mass is 16.3. The third kappa shape index (κ3) is 2.33. The van der Waals surface area contributed by atoms with Crippen LogP contribution in [0.2, 0.25) is 0 Å². The summed E-state index contributed by atoms with van der Waals surface area (Å²) in [6.07, 6.45) is 5.93. The van der Waals surface area contributed by atoms with Crippen molar-refractivity contribution in [3.63, 3.8) is 0 Å². The second kappa shape index (κ2) is 4.57. The number of rotatable bonds is 3. The summed E-state index contributed by atoms with van der Waals surface area (Å²) in [4.78, 5) is 9.47. The van der Waals surface area contributed by atoms with Gasteiger partial charge in [-0.15, -0.1) is 0 Å². The van der Waals surface area contributed by atoms with Crippen molar-refractivity contribution in [2.24, 2.45) is 5.92 Å².